The van der Waals surface area contributed by atoms with Gasteiger partial charge >= 0.3 is 0 Å². The molecule has 0 radical (unpaired) electrons. The van der Waals surface area contributed by atoms with Gasteiger partial charge in [-0.2, -0.15) is 0 Å². The van der Waals surface area contributed by atoms with Gasteiger partial charge in [0.15, 0.2) is 5.65 Å². The Labute approximate surface area is 151 Å². The molecule has 0 aromatic carbocycles. The van der Waals surface area contributed by atoms with Crippen molar-refractivity contribution in [3.8, 4) is 0 Å². The number of fused-ring (bicyclic) bond motifs is 1. The number of nitrogens with zero attached hydrogens (tertiary/aromatic N) is 6. The van der Waals surface area contributed by atoms with Gasteiger partial charge in [-0.25, -0.2) is 0 Å². The Kier molecular flexibility index (Phi) is 4.81. The highest BCUT2D eigenvalue weighted by atomic mass is 16.5. The van der Waals surface area contributed by atoms with E-state index < -0.39 is 0 Å². The van der Waals surface area contributed by atoms with Crippen molar-refractivity contribution in [2.75, 3.05) is 59.0 Å². The molecule has 0 saturated carbocycles. The third kappa shape index (κ3) is 3.54. The number of amides is 2. The predicted octanol–water partition coefficient (Wildman–Crippen LogP) is -0.654. The molecule has 2 aromatic heterocycles. The third-order valence-electron chi connectivity index (χ3n) is 4.92. The molecule has 2 amide bonds. The van der Waals surface area contributed by atoms with E-state index in [0.717, 1.165) is 13.1 Å². The molecule has 9 nitrogen and oxygen atoms in total. The number of carbonyl (C=O) groups is 2. The molecule has 2 saturated heterocycles. The van der Waals surface area contributed by atoms with Crippen molar-refractivity contribution in [2.24, 2.45) is 0 Å². The summed E-state index contributed by atoms with van der Waals surface area (Å²) in [5.41, 5.74) is 1.31. The number of rotatable bonds is 3. The number of pyridine rings is 1. The zero-order chi connectivity index (χ0) is 17.9. The molecule has 9 heteroatoms. The second-order valence-electron chi connectivity index (χ2n) is 6.58. The molecule has 0 unspecified atom stereocenters. The van der Waals surface area contributed by atoms with E-state index in [2.05, 4.69) is 15.1 Å². The van der Waals surface area contributed by atoms with E-state index in [0.29, 0.717) is 57.1 Å². The summed E-state index contributed by atoms with van der Waals surface area (Å²) in [4.78, 5) is 30.9. The van der Waals surface area contributed by atoms with Crippen molar-refractivity contribution < 1.29 is 14.3 Å². The maximum atomic E-state index is 12.7. The van der Waals surface area contributed by atoms with Crippen molar-refractivity contribution in [2.45, 2.75) is 0 Å². The molecule has 26 heavy (non-hydrogen) atoms. The van der Waals surface area contributed by atoms with Crippen molar-refractivity contribution in [3.63, 3.8) is 0 Å². The average Bonchev–Trinajstić information content (AvgIpc) is 3.16. The van der Waals surface area contributed by atoms with Gasteiger partial charge in [-0.15, -0.1) is 10.2 Å². The van der Waals surface area contributed by atoms with E-state index in [4.69, 9.17) is 4.74 Å². The summed E-state index contributed by atoms with van der Waals surface area (Å²) in [7, 11) is 0. The first-order chi connectivity index (χ1) is 12.7. The monoisotopic (exact) mass is 358 g/mol. The molecular formula is C17H22N6O3. The molecule has 2 fully saturated rings. The van der Waals surface area contributed by atoms with Crippen molar-refractivity contribution >= 4 is 17.5 Å². The number of morpholine rings is 1. The molecule has 0 aliphatic carbocycles. The van der Waals surface area contributed by atoms with Crippen LogP contribution < -0.4 is 0 Å². The Morgan fingerprint density at radius 1 is 1.00 bits per heavy atom. The van der Waals surface area contributed by atoms with Crippen molar-refractivity contribution in [1.29, 1.82) is 0 Å². The van der Waals surface area contributed by atoms with Gasteiger partial charge in [0, 0.05) is 45.5 Å². The smallest absolute Gasteiger partial charge is 0.255 e. The SMILES string of the molecule is O=C(CN1CCOCC1)N1CCN(C(=O)c2ccc3nncn3c2)CC1. The maximum Gasteiger partial charge on any atom is 0.255 e. The Balaban J connectivity index is 1.32. The van der Waals surface area contributed by atoms with Crippen LogP contribution in [0.25, 0.3) is 5.65 Å². The Hall–Kier alpha value is -2.52. The van der Waals surface area contributed by atoms with Crippen molar-refractivity contribution in [3.05, 3.63) is 30.2 Å². The molecule has 0 N–H and O–H groups in total. The topological polar surface area (TPSA) is 83.3 Å². The van der Waals surface area contributed by atoms with Gasteiger partial charge in [-0.05, 0) is 12.1 Å². The zero-order valence-electron chi connectivity index (χ0n) is 14.6. The Bertz CT molecular complexity index is 793. The lowest BCUT2D eigenvalue weighted by Gasteiger charge is -2.36. The zero-order valence-corrected chi connectivity index (χ0v) is 14.6. The van der Waals surface area contributed by atoms with Gasteiger partial charge in [0.2, 0.25) is 5.91 Å². The number of carbonyl (C=O) groups excluding carboxylic acids is 2. The lowest BCUT2D eigenvalue weighted by molar-refractivity contribution is -0.134. The summed E-state index contributed by atoms with van der Waals surface area (Å²) in [5.74, 6) is 0.103. The average molecular weight is 358 g/mol. The summed E-state index contributed by atoms with van der Waals surface area (Å²) in [6.45, 7) is 5.65. The minimum Gasteiger partial charge on any atom is -0.379 e. The van der Waals surface area contributed by atoms with E-state index in [1.165, 1.54) is 0 Å². The van der Waals surface area contributed by atoms with Crippen molar-refractivity contribution in [1.82, 2.24) is 29.3 Å². The molecule has 4 rings (SSSR count). The normalized spacial score (nSPS) is 19.1. The molecule has 0 spiro atoms. The summed E-state index contributed by atoms with van der Waals surface area (Å²) in [6, 6.07) is 3.55. The van der Waals surface area contributed by atoms with Crippen LogP contribution in [-0.2, 0) is 9.53 Å². The first kappa shape index (κ1) is 16.9. The number of hydrogen-bond acceptors (Lipinski definition) is 6. The molecule has 2 aliphatic rings. The van der Waals surface area contributed by atoms with Crippen LogP contribution in [0.15, 0.2) is 24.7 Å². The summed E-state index contributed by atoms with van der Waals surface area (Å²) < 4.78 is 7.04. The predicted molar refractivity (Wildman–Crippen MR) is 92.7 cm³/mol. The van der Waals surface area contributed by atoms with Crippen LogP contribution in [0.3, 0.4) is 0 Å². The standard InChI is InChI=1S/C17H22N6O3/c24-16(12-20-7-9-26-10-8-20)21-3-5-22(6-4-21)17(25)14-1-2-15-19-18-13-23(15)11-14/h1-2,11,13H,3-10,12H2. The minimum atomic E-state index is -0.0270. The molecule has 0 bridgehead atoms. The van der Waals surface area contributed by atoms with Crippen LogP contribution in [0.1, 0.15) is 10.4 Å². The Morgan fingerprint density at radius 3 is 2.50 bits per heavy atom. The van der Waals surface area contributed by atoms with Gasteiger partial charge in [0.25, 0.3) is 5.91 Å². The fourth-order valence-corrected chi connectivity index (χ4v) is 3.35. The minimum absolute atomic E-state index is 0.0270. The number of ether oxygens (including phenoxy) is 1. The van der Waals surface area contributed by atoms with E-state index >= 15 is 0 Å². The van der Waals surface area contributed by atoms with Gasteiger partial charge in [-0.1, -0.05) is 0 Å². The first-order valence-electron chi connectivity index (χ1n) is 8.87. The van der Waals surface area contributed by atoms with Crippen LogP contribution in [0.2, 0.25) is 0 Å². The number of aromatic nitrogens is 3. The van der Waals surface area contributed by atoms with E-state index in [9.17, 15) is 9.59 Å². The van der Waals surface area contributed by atoms with Crippen LogP contribution >= 0.6 is 0 Å². The summed E-state index contributed by atoms with van der Waals surface area (Å²) in [6.07, 6.45) is 3.32. The summed E-state index contributed by atoms with van der Waals surface area (Å²) >= 11 is 0. The van der Waals surface area contributed by atoms with Crippen LogP contribution in [0.4, 0.5) is 0 Å². The highest BCUT2D eigenvalue weighted by Gasteiger charge is 2.26. The van der Waals surface area contributed by atoms with E-state index in [1.807, 2.05) is 4.90 Å². The second-order valence-corrected chi connectivity index (χ2v) is 6.58. The van der Waals surface area contributed by atoms with Gasteiger partial charge in [0.05, 0.1) is 25.3 Å². The number of piperazine rings is 1. The molecule has 2 aromatic rings. The fourth-order valence-electron chi connectivity index (χ4n) is 3.35. The quantitative estimate of drug-likeness (QED) is 0.725. The molecule has 138 valence electrons. The Morgan fingerprint density at radius 2 is 1.73 bits per heavy atom. The number of hydrogen-bond donors (Lipinski definition) is 0. The van der Waals surface area contributed by atoms with Crippen LogP contribution in [0, 0.1) is 0 Å². The van der Waals surface area contributed by atoms with E-state index in [1.54, 1.807) is 34.0 Å². The maximum absolute atomic E-state index is 12.7. The fraction of sp³-hybridized carbons (Fsp3) is 0.529. The van der Waals surface area contributed by atoms with Gasteiger partial charge in [0.1, 0.15) is 6.33 Å². The lowest BCUT2D eigenvalue weighted by atomic mass is 10.2. The van der Waals surface area contributed by atoms with E-state index in [-0.39, 0.29) is 11.8 Å². The molecule has 2 aliphatic heterocycles. The summed E-state index contributed by atoms with van der Waals surface area (Å²) in [5, 5.41) is 7.76. The lowest BCUT2D eigenvalue weighted by Crippen LogP contribution is -2.53. The van der Waals surface area contributed by atoms with Crippen LogP contribution in [-0.4, -0.2) is 100 Å². The van der Waals surface area contributed by atoms with Gasteiger partial charge < -0.3 is 14.5 Å². The van der Waals surface area contributed by atoms with Crippen LogP contribution in [0.5, 0.6) is 0 Å². The molecule has 0 atom stereocenters. The third-order valence-corrected chi connectivity index (χ3v) is 4.92. The largest absolute Gasteiger partial charge is 0.379 e. The first-order valence-corrected chi connectivity index (χ1v) is 8.87. The highest BCUT2D eigenvalue weighted by molar-refractivity contribution is 5.94. The second kappa shape index (κ2) is 7.38. The van der Waals surface area contributed by atoms with Gasteiger partial charge in [-0.3, -0.25) is 18.9 Å². The molecular weight excluding hydrogens is 336 g/mol. The molecule has 4 heterocycles. The highest BCUT2D eigenvalue weighted by Crippen LogP contribution is 2.11.